The monoisotopic (exact) mass is 414 g/mol. The maximum absolute atomic E-state index is 13.3. The molecule has 0 spiro atoms. The van der Waals surface area contributed by atoms with Gasteiger partial charge in [0.15, 0.2) is 5.78 Å². The van der Waals surface area contributed by atoms with Crippen molar-refractivity contribution >= 4 is 23.5 Å². The van der Waals surface area contributed by atoms with E-state index in [1.165, 1.54) is 11.6 Å². The average molecular weight is 415 g/mol. The Bertz CT molecular complexity index is 939. The Labute approximate surface area is 176 Å². The third-order valence-electron chi connectivity index (χ3n) is 5.60. The van der Waals surface area contributed by atoms with E-state index >= 15 is 0 Å². The highest BCUT2D eigenvalue weighted by molar-refractivity contribution is 6.30. The highest BCUT2D eigenvalue weighted by Gasteiger charge is 2.60. The van der Waals surface area contributed by atoms with Gasteiger partial charge in [0.05, 0.1) is 5.03 Å². The first-order valence-corrected chi connectivity index (χ1v) is 10.1. The summed E-state index contributed by atoms with van der Waals surface area (Å²) in [6.07, 6.45) is 5.52. The molecule has 0 radical (unpaired) electrons. The number of carbonyl (C=O) groups is 1. The van der Waals surface area contributed by atoms with Crippen LogP contribution >= 0.6 is 11.6 Å². The summed E-state index contributed by atoms with van der Waals surface area (Å²) in [7, 11) is 0. The van der Waals surface area contributed by atoms with Gasteiger partial charge in [-0.1, -0.05) is 92.2 Å². The molecule has 1 nitrogen and oxygen atoms in total. The van der Waals surface area contributed by atoms with Crippen LogP contribution in [0.2, 0.25) is 0 Å². The zero-order valence-corrected chi connectivity index (χ0v) is 17.6. The molecule has 1 fully saturated rings. The zero-order valence-electron chi connectivity index (χ0n) is 16.8. The molecular formula is C25H25ClF2O. The lowest BCUT2D eigenvalue weighted by atomic mass is 10.0. The number of benzene rings is 2. The SMILES string of the molecule is CC(F)(F)/C(Cl)=C/C1C(C(=O)/C=C/c2cccc(Cc3ccccc3)c2)C1(C)C. The van der Waals surface area contributed by atoms with Crippen LogP contribution < -0.4 is 0 Å². The number of hydrogen-bond donors (Lipinski definition) is 0. The third-order valence-corrected chi connectivity index (χ3v) is 6.06. The average Bonchev–Trinajstić information content (AvgIpc) is 3.20. The quantitative estimate of drug-likeness (QED) is 0.450. The highest BCUT2D eigenvalue weighted by Crippen LogP contribution is 2.60. The molecule has 0 saturated heterocycles. The number of hydrogen-bond acceptors (Lipinski definition) is 1. The Hall–Kier alpha value is -2.26. The molecule has 0 heterocycles. The highest BCUT2D eigenvalue weighted by atomic mass is 35.5. The van der Waals surface area contributed by atoms with Gasteiger partial charge in [0, 0.05) is 12.8 Å². The van der Waals surface area contributed by atoms with Crippen LogP contribution in [0.3, 0.4) is 0 Å². The summed E-state index contributed by atoms with van der Waals surface area (Å²) in [5, 5.41) is -0.497. The van der Waals surface area contributed by atoms with E-state index in [2.05, 4.69) is 24.3 Å². The molecule has 2 aromatic rings. The van der Waals surface area contributed by atoms with Gasteiger partial charge in [-0.2, -0.15) is 0 Å². The molecule has 4 heteroatoms. The van der Waals surface area contributed by atoms with Crippen LogP contribution in [0.1, 0.15) is 37.5 Å². The predicted octanol–water partition coefficient (Wildman–Crippen LogP) is 6.91. The van der Waals surface area contributed by atoms with E-state index in [0.717, 1.165) is 24.5 Å². The summed E-state index contributed by atoms with van der Waals surface area (Å²) in [6, 6.07) is 18.2. The van der Waals surface area contributed by atoms with Gasteiger partial charge in [-0.05, 0) is 40.5 Å². The van der Waals surface area contributed by atoms with Crippen LogP contribution in [0.5, 0.6) is 0 Å². The van der Waals surface area contributed by atoms with Crippen LogP contribution in [-0.2, 0) is 11.2 Å². The van der Waals surface area contributed by atoms with E-state index in [4.69, 9.17) is 11.6 Å². The number of carbonyl (C=O) groups excluding carboxylic acids is 1. The molecule has 152 valence electrons. The third kappa shape index (κ3) is 5.22. The van der Waals surface area contributed by atoms with Gasteiger partial charge >= 0.3 is 0 Å². The molecule has 29 heavy (non-hydrogen) atoms. The minimum atomic E-state index is -3.08. The number of rotatable bonds is 7. The van der Waals surface area contributed by atoms with Crippen molar-refractivity contribution in [1.82, 2.24) is 0 Å². The van der Waals surface area contributed by atoms with Crippen molar-refractivity contribution in [3.8, 4) is 0 Å². The molecule has 2 atom stereocenters. The van der Waals surface area contributed by atoms with Crippen molar-refractivity contribution in [1.29, 1.82) is 0 Å². The van der Waals surface area contributed by atoms with Crippen LogP contribution in [0.15, 0.2) is 71.8 Å². The molecule has 0 aliphatic heterocycles. The van der Waals surface area contributed by atoms with Gasteiger partial charge in [-0.3, -0.25) is 4.79 Å². The first-order chi connectivity index (χ1) is 13.6. The Morgan fingerprint density at radius 1 is 1.10 bits per heavy atom. The van der Waals surface area contributed by atoms with Crippen LogP contribution in [0, 0.1) is 17.3 Å². The molecule has 0 amide bonds. The van der Waals surface area contributed by atoms with Crippen molar-refractivity contribution in [2.75, 3.05) is 0 Å². The van der Waals surface area contributed by atoms with E-state index < -0.39 is 11.0 Å². The predicted molar refractivity (Wildman–Crippen MR) is 115 cm³/mol. The lowest BCUT2D eigenvalue weighted by Crippen LogP contribution is -2.10. The minimum absolute atomic E-state index is 0.0615. The zero-order chi connectivity index (χ0) is 21.2. The Morgan fingerprint density at radius 2 is 1.76 bits per heavy atom. The molecule has 0 bridgehead atoms. The molecule has 0 aromatic heterocycles. The molecule has 3 rings (SSSR count). The summed E-state index contributed by atoms with van der Waals surface area (Å²) in [5.41, 5.74) is 2.96. The lowest BCUT2D eigenvalue weighted by molar-refractivity contribution is -0.116. The smallest absolute Gasteiger partial charge is 0.280 e. The van der Waals surface area contributed by atoms with Gasteiger partial charge in [-0.25, -0.2) is 8.78 Å². The number of ketones is 1. The topological polar surface area (TPSA) is 17.1 Å². The largest absolute Gasteiger partial charge is 0.295 e. The fourth-order valence-electron chi connectivity index (χ4n) is 3.76. The number of allylic oxidation sites excluding steroid dienone is 3. The minimum Gasteiger partial charge on any atom is -0.295 e. The number of halogens is 3. The second kappa shape index (κ2) is 8.23. The van der Waals surface area contributed by atoms with E-state index in [1.807, 2.05) is 44.2 Å². The summed E-state index contributed by atoms with van der Waals surface area (Å²) in [4.78, 5) is 12.7. The molecular weight excluding hydrogens is 390 g/mol. The summed E-state index contributed by atoms with van der Waals surface area (Å²) in [6.45, 7) is 4.58. The van der Waals surface area contributed by atoms with Gasteiger partial charge < -0.3 is 0 Å². The maximum Gasteiger partial charge on any atom is 0.280 e. The Morgan fingerprint density at radius 3 is 2.41 bits per heavy atom. The fraction of sp³-hybridized carbons (Fsp3) is 0.320. The standard InChI is InChI=1S/C25H25ClF2O/c1-24(2)20(16-22(26)25(3,27)28)23(24)21(29)13-12-18-10-7-11-19(15-18)14-17-8-5-4-6-9-17/h4-13,15-16,20,23H,14H2,1-3H3/b13-12+,22-16-. The first kappa shape index (κ1) is 21.4. The van der Waals surface area contributed by atoms with E-state index in [1.54, 1.807) is 12.2 Å². The summed E-state index contributed by atoms with van der Waals surface area (Å²) < 4.78 is 26.7. The van der Waals surface area contributed by atoms with Gasteiger partial charge in [0.25, 0.3) is 5.92 Å². The fourth-order valence-corrected chi connectivity index (χ4v) is 3.89. The van der Waals surface area contributed by atoms with Crippen molar-refractivity contribution in [2.45, 2.75) is 33.1 Å². The van der Waals surface area contributed by atoms with Crippen molar-refractivity contribution in [3.63, 3.8) is 0 Å². The van der Waals surface area contributed by atoms with Crippen molar-refractivity contribution < 1.29 is 13.6 Å². The molecule has 2 unspecified atom stereocenters. The van der Waals surface area contributed by atoms with Gasteiger partial charge in [0.2, 0.25) is 0 Å². The summed E-state index contributed by atoms with van der Waals surface area (Å²) >= 11 is 5.73. The number of alkyl halides is 2. The first-order valence-electron chi connectivity index (χ1n) is 9.69. The normalized spacial score (nSPS) is 21.4. The molecule has 0 N–H and O–H groups in total. The van der Waals surface area contributed by atoms with E-state index in [-0.39, 0.29) is 23.0 Å². The van der Waals surface area contributed by atoms with Crippen LogP contribution in [0.25, 0.3) is 6.08 Å². The van der Waals surface area contributed by atoms with Crippen LogP contribution in [-0.4, -0.2) is 11.7 Å². The summed E-state index contributed by atoms with van der Waals surface area (Å²) in [5.74, 6) is -3.75. The van der Waals surface area contributed by atoms with Crippen molar-refractivity contribution in [2.24, 2.45) is 17.3 Å². The van der Waals surface area contributed by atoms with Gasteiger partial charge in [0.1, 0.15) is 0 Å². The lowest BCUT2D eigenvalue weighted by Gasteiger charge is -2.08. The second-order valence-electron chi connectivity index (χ2n) is 8.37. The maximum atomic E-state index is 13.3. The van der Waals surface area contributed by atoms with Crippen molar-refractivity contribution in [3.05, 3.63) is 88.5 Å². The second-order valence-corrected chi connectivity index (χ2v) is 8.78. The van der Waals surface area contributed by atoms with E-state index in [9.17, 15) is 13.6 Å². The Kier molecular flexibility index (Phi) is 6.09. The molecule has 1 aliphatic rings. The molecule has 2 aromatic carbocycles. The van der Waals surface area contributed by atoms with E-state index in [0.29, 0.717) is 0 Å². The Balaban J connectivity index is 1.69. The van der Waals surface area contributed by atoms with Gasteiger partial charge in [-0.15, -0.1) is 0 Å². The van der Waals surface area contributed by atoms with Crippen LogP contribution in [0.4, 0.5) is 8.78 Å². The molecule has 1 aliphatic carbocycles. The molecule has 1 saturated carbocycles.